The van der Waals surface area contributed by atoms with E-state index in [-0.39, 0.29) is 6.61 Å². The molecule has 0 bridgehead atoms. The fourth-order valence-corrected chi connectivity index (χ4v) is 1.36. The summed E-state index contributed by atoms with van der Waals surface area (Å²) < 4.78 is 1.77. The van der Waals surface area contributed by atoms with Crippen molar-refractivity contribution in [2.45, 2.75) is 32.9 Å². The van der Waals surface area contributed by atoms with Gasteiger partial charge in [0.1, 0.15) is 5.69 Å². The van der Waals surface area contributed by atoms with Crippen LogP contribution in [-0.4, -0.2) is 20.1 Å². The third-order valence-electron chi connectivity index (χ3n) is 1.85. The average molecular weight is 181 g/mol. The predicted molar refractivity (Wildman–Crippen MR) is 50.2 cm³/mol. The highest BCUT2D eigenvalue weighted by Crippen LogP contribution is 2.17. The zero-order valence-electron chi connectivity index (χ0n) is 8.06. The van der Waals surface area contributed by atoms with E-state index < -0.39 is 0 Å². The van der Waals surface area contributed by atoms with Gasteiger partial charge in [0.2, 0.25) is 0 Å². The van der Waals surface area contributed by atoms with E-state index in [2.05, 4.69) is 30.7 Å². The van der Waals surface area contributed by atoms with Crippen LogP contribution in [0.2, 0.25) is 0 Å². The lowest BCUT2D eigenvalue weighted by Crippen LogP contribution is -2.06. The molecule has 0 aliphatic carbocycles. The van der Waals surface area contributed by atoms with E-state index in [0.29, 0.717) is 18.2 Å². The highest BCUT2D eigenvalue weighted by atomic mass is 16.3. The maximum Gasteiger partial charge on any atom is 0.112 e. The minimum absolute atomic E-state index is 0.0509. The van der Waals surface area contributed by atoms with Gasteiger partial charge in [-0.2, -0.15) is 0 Å². The Balaban J connectivity index is 3.05. The maximum absolute atomic E-state index is 9.01. The fraction of sp³-hybridized carbons (Fsp3) is 0.556. The minimum atomic E-state index is -0.0509. The van der Waals surface area contributed by atoms with Crippen LogP contribution in [0.5, 0.6) is 0 Å². The molecule has 0 saturated carbocycles. The Morgan fingerprint density at radius 3 is 2.77 bits per heavy atom. The van der Waals surface area contributed by atoms with Crippen LogP contribution in [0.25, 0.3) is 0 Å². The molecule has 0 amide bonds. The van der Waals surface area contributed by atoms with Crippen LogP contribution in [-0.2, 0) is 13.2 Å². The molecule has 1 aromatic heterocycles. The van der Waals surface area contributed by atoms with Crippen molar-refractivity contribution in [2.75, 3.05) is 0 Å². The molecule has 0 aromatic carbocycles. The molecular weight excluding hydrogens is 166 g/mol. The Morgan fingerprint density at radius 2 is 2.31 bits per heavy atom. The summed E-state index contributed by atoms with van der Waals surface area (Å²) >= 11 is 0. The van der Waals surface area contributed by atoms with E-state index in [4.69, 9.17) is 5.11 Å². The molecule has 4 heteroatoms. The van der Waals surface area contributed by atoms with Crippen LogP contribution >= 0.6 is 0 Å². The summed E-state index contributed by atoms with van der Waals surface area (Å²) in [7, 11) is 0. The Labute approximate surface area is 77.9 Å². The Bertz CT molecular complexity index is 291. The van der Waals surface area contributed by atoms with Crippen molar-refractivity contribution in [1.82, 2.24) is 15.0 Å². The molecule has 13 heavy (non-hydrogen) atoms. The van der Waals surface area contributed by atoms with Gasteiger partial charge in [0, 0.05) is 0 Å². The van der Waals surface area contributed by atoms with Crippen molar-refractivity contribution >= 4 is 0 Å². The molecule has 0 aliphatic heterocycles. The highest BCUT2D eigenvalue weighted by molar-refractivity contribution is 5.13. The highest BCUT2D eigenvalue weighted by Gasteiger charge is 2.13. The third-order valence-corrected chi connectivity index (χ3v) is 1.85. The van der Waals surface area contributed by atoms with Gasteiger partial charge in [-0.25, -0.2) is 4.68 Å². The molecule has 0 aliphatic rings. The van der Waals surface area contributed by atoms with Crippen LogP contribution in [0.1, 0.15) is 31.2 Å². The molecule has 0 spiro atoms. The Hall–Kier alpha value is -1.16. The first-order valence-electron chi connectivity index (χ1n) is 4.34. The van der Waals surface area contributed by atoms with Crippen molar-refractivity contribution in [3.8, 4) is 0 Å². The number of nitrogens with zero attached hydrogens (tertiary/aromatic N) is 3. The number of aliphatic hydroxyl groups excluding tert-OH is 1. The summed E-state index contributed by atoms with van der Waals surface area (Å²) in [6, 6.07) is 0. The van der Waals surface area contributed by atoms with E-state index in [1.165, 1.54) is 0 Å². The van der Waals surface area contributed by atoms with Crippen LogP contribution < -0.4 is 0 Å². The number of hydrogen-bond donors (Lipinski definition) is 1. The number of aromatic nitrogens is 3. The molecule has 1 rings (SSSR count). The molecule has 0 radical (unpaired) electrons. The smallest absolute Gasteiger partial charge is 0.112 e. The largest absolute Gasteiger partial charge is 0.390 e. The fourth-order valence-electron chi connectivity index (χ4n) is 1.36. The molecule has 1 N–H and O–H groups in total. The zero-order valence-corrected chi connectivity index (χ0v) is 8.06. The van der Waals surface area contributed by atoms with E-state index in [1.54, 1.807) is 10.8 Å². The van der Waals surface area contributed by atoms with E-state index in [1.807, 2.05) is 0 Å². The number of aliphatic hydroxyl groups is 1. The van der Waals surface area contributed by atoms with Crippen molar-refractivity contribution < 1.29 is 5.11 Å². The summed E-state index contributed by atoms with van der Waals surface area (Å²) in [5.74, 6) is 0.317. The lowest BCUT2D eigenvalue weighted by Gasteiger charge is -2.07. The molecule has 1 heterocycles. The van der Waals surface area contributed by atoms with Crippen LogP contribution in [0.4, 0.5) is 0 Å². The van der Waals surface area contributed by atoms with Gasteiger partial charge in [0.15, 0.2) is 0 Å². The predicted octanol–water partition coefficient (Wildman–Crippen LogP) is 1.08. The molecule has 0 saturated heterocycles. The Morgan fingerprint density at radius 1 is 1.62 bits per heavy atom. The minimum Gasteiger partial charge on any atom is -0.390 e. The summed E-state index contributed by atoms with van der Waals surface area (Å²) in [5, 5.41) is 16.8. The molecule has 72 valence electrons. The van der Waals surface area contributed by atoms with Crippen LogP contribution in [0.3, 0.4) is 0 Å². The van der Waals surface area contributed by atoms with E-state index >= 15 is 0 Å². The van der Waals surface area contributed by atoms with Crippen LogP contribution in [0, 0.1) is 0 Å². The van der Waals surface area contributed by atoms with Gasteiger partial charge in [0.25, 0.3) is 0 Å². The first-order valence-corrected chi connectivity index (χ1v) is 4.34. The van der Waals surface area contributed by atoms with Crippen molar-refractivity contribution in [3.63, 3.8) is 0 Å². The molecule has 4 nitrogen and oxygen atoms in total. The van der Waals surface area contributed by atoms with Crippen LogP contribution in [0.15, 0.2) is 12.7 Å². The number of hydrogen-bond acceptors (Lipinski definition) is 3. The molecule has 1 aromatic rings. The summed E-state index contributed by atoms with van der Waals surface area (Å²) in [6.45, 7) is 8.33. The first-order chi connectivity index (χ1) is 6.20. The maximum atomic E-state index is 9.01. The standard InChI is InChI=1S/C9H15N3O/c1-4-5-12-9(7(2)3)8(6-13)10-11-12/h4,7,13H,1,5-6H2,2-3H3. The second-order valence-corrected chi connectivity index (χ2v) is 3.20. The Kier molecular flexibility index (Phi) is 3.19. The topological polar surface area (TPSA) is 50.9 Å². The van der Waals surface area contributed by atoms with Gasteiger partial charge >= 0.3 is 0 Å². The van der Waals surface area contributed by atoms with Gasteiger partial charge < -0.3 is 5.11 Å². The molecular formula is C9H15N3O. The van der Waals surface area contributed by atoms with Crippen molar-refractivity contribution in [1.29, 1.82) is 0 Å². The second kappa shape index (κ2) is 4.18. The SMILES string of the molecule is C=CCn1nnc(CO)c1C(C)C. The third kappa shape index (κ3) is 1.95. The normalized spacial score (nSPS) is 10.8. The lowest BCUT2D eigenvalue weighted by atomic mass is 10.1. The summed E-state index contributed by atoms with van der Waals surface area (Å²) in [6.07, 6.45) is 1.77. The second-order valence-electron chi connectivity index (χ2n) is 3.20. The average Bonchev–Trinajstić information content (AvgIpc) is 2.48. The van der Waals surface area contributed by atoms with Gasteiger partial charge in [-0.15, -0.1) is 11.7 Å². The molecule has 0 atom stereocenters. The van der Waals surface area contributed by atoms with E-state index in [9.17, 15) is 0 Å². The summed E-state index contributed by atoms with van der Waals surface area (Å²) in [5.41, 5.74) is 1.65. The van der Waals surface area contributed by atoms with Crippen molar-refractivity contribution in [3.05, 3.63) is 24.0 Å². The number of rotatable bonds is 4. The van der Waals surface area contributed by atoms with E-state index in [0.717, 1.165) is 5.69 Å². The zero-order chi connectivity index (χ0) is 9.84. The monoisotopic (exact) mass is 181 g/mol. The first kappa shape index (κ1) is 9.92. The summed E-state index contributed by atoms with van der Waals surface area (Å²) in [4.78, 5) is 0. The quantitative estimate of drug-likeness (QED) is 0.707. The number of allylic oxidation sites excluding steroid dienone is 1. The molecule has 0 unspecified atom stereocenters. The lowest BCUT2D eigenvalue weighted by molar-refractivity contribution is 0.275. The van der Waals surface area contributed by atoms with Gasteiger partial charge in [0.05, 0.1) is 18.8 Å². The van der Waals surface area contributed by atoms with Gasteiger partial charge in [-0.05, 0) is 5.92 Å². The molecule has 0 fully saturated rings. The van der Waals surface area contributed by atoms with Gasteiger partial charge in [-0.3, -0.25) is 0 Å². The van der Waals surface area contributed by atoms with Crippen molar-refractivity contribution in [2.24, 2.45) is 0 Å². The van der Waals surface area contributed by atoms with Gasteiger partial charge in [-0.1, -0.05) is 25.1 Å².